The van der Waals surface area contributed by atoms with E-state index in [1.807, 2.05) is 66.7 Å². The van der Waals surface area contributed by atoms with Crippen LogP contribution in [0.25, 0.3) is 11.3 Å². The van der Waals surface area contributed by atoms with Gasteiger partial charge in [-0.2, -0.15) is 0 Å². The summed E-state index contributed by atoms with van der Waals surface area (Å²) in [5.41, 5.74) is 10.4. The highest BCUT2D eigenvalue weighted by Crippen LogP contribution is 2.32. The molecule has 3 aromatic carbocycles. The standard InChI is InChI=1S/C41H45N7O4/c42-26-36(49)48-25-7-10-35(48)38-45-27-34(46-38)30-17-13-28(14-18-30)11-12-29-15-19-32(20-16-29)39(50)43-23-5-2-6-24-44-41(52)37(31-8-3-1-4-9-31)47-40(51)33-21-22-33/h1,3-4,8-9,13-20,27,33,35,37H,2,5-7,10,21-26,42H2,(H,43,50)(H,44,52)(H,45,46)(H,47,51). The van der Waals surface area contributed by atoms with Gasteiger partial charge in [0.05, 0.1) is 24.5 Å². The van der Waals surface area contributed by atoms with E-state index in [1.165, 1.54) is 0 Å². The number of unbranched alkanes of at least 4 members (excludes halogenated alkanes) is 2. The van der Waals surface area contributed by atoms with Crippen molar-refractivity contribution in [2.45, 2.75) is 57.0 Å². The van der Waals surface area contributed by atoms with E-state index < -0.39 is 6.04 Å². The van der Waals surface area contributed by atoms with Crippen LogP contribution in [-0.4, -0.2) is 64.7 Å². The number of hydrogen-bond acceptors (Lipinski definition) is 6. The molecule has 6 rings (SSSR count). The van der Waals surface area contributed by atoms with E-state index in [0.29, 0.717) is 25.2 Å². The predicted octanol–water partition coefficient (Wildman–Crippen LogP) is 4.38. The molecule has 1 saturated heterocycles. The molecular formula is C41H45N7O4. The lowest BCUT2D eigenvalue weighted by Crippen LogP contribution is -2.41. The van der Waals surface area contributed by atoms with Gasteiger partial charge in [0, 0.05) is 42.2 Å². The zero-order valence-corrected chi connectivity index (χ0v) is 29.2. The lowest BCUT2D eigenvalue weighted by molar-refractivity contribution is -0.130. The number of likely N-dealkylation sites (tertiary alicyclic amines) is 1. The Bertz CT molecular complexity index is 1910. The van der Waals surface area contributed by atoms with Crippen molar-refractivity contribution in [3.63, 3.8) is 0 Å². The lowest BCUT2D eigenvalue weighted by Gasteiger charge is -2.22. The number of nitrogens with one attached hydrogen (secondary N) is 4. The molecule has 4 aromatic rings. The number of hydrogen-bond donors (Lipinski definition) is 5. The molecule has 1 aliphatic carbocycles. The number of rotatable bonds is 14. The van der Waals surface area contributed by atoms with Crippen LogP contribution in [0.15, 0.2) is 85.1 Å². The van der Waals surface area contributed by atoms with Crippen molar-refractivity contribution >= 4 is 23.6 Å². The fraction of sp³-hybridized carbons (Fsp3) is 0.341. The third-order valence-corrected chi connectivity index (χ3v) is 9.42. The summed E-state index contributed by atoms with van der Waals surface area (Å²) in [4.78, 5) is 59.9. The average Bonchev–Trinajstić information content (AvgIpc) is 3.72. The van der Waals surface area contributed by atoms with Crippen LogP contribution < -0.4 is 21.7 Å². The van der Waals surface area contributed by atoms with Gasteiger partial charge in [-0.1, -0.05) is 54.3 Å². The van der Waals surface area contributed by atoms with Crippen molar-refractivity contribution in [2.75, 3.05) is 26.2 Å². The Morgan fingerprint density at radius 1 is 0.846 bits per heavy atom. The Balaban J connectivity index is 0.903. The van der Waals surface area contributed by atoms with Gasteiger partial charge in [0.25, 0.3) is 5.91 Å². The van der Waals surface area contributed by atoms with Crippen LogP contribution in [0.2, 0.25) is 0 Å². The first-order valence-electron chi connectivity index (χ1n) is 18.1. The van der Waals surface area contributed by atoms with Gasteiger partial charge >= 0.3 is 0 Å². The van der Waals surface area contributed by atoms with Crippen molar-refractivity contribution in [1.82, 2.24) is 30.8 Å². The summed E-state index contributed by atoms with van der Waals surface area (Å²) < 4.78 is 0. The molecule has 1 aliphatic heterocycles. The molecule has 11 heteroatoms. The lowest BCUT2D eigenvalue weighted by atomic mass is 10.1. The molecule has 6 N–H and O–H groups in total. The fourth-order valence-corrected chi connectivity index (χ4v) is 6.30. The number of amides is 4. The highest BCUT2D eigenvalue weighted by Gasteiger charge is 2.33. The summed E-state index contributed by atoms with van der Waals surface area (Å²) in [6.45, 7) is 1.72. The van der Waals surface area contributed by atoms with Gasteiger partial charge in [0.15, 0.2) is 0 Å². The molecular weight excluding hydrogens is 654 g/mol. The molecule has 2 fully saturated rings. The number of nitrogens with zero attached hydrogens (tertiary/aromatic N) is 2. The van der Waals surface area contributed by atoms with Crippen LogP contribution in [0.3, 0.4) is 0 Å². The van der Waals surface area contributed by atoms with Crippen LogP contribution in [0.5, 0.6) is 0 Å². The van der Waals surface area contributed by atoms with Crippen LogP contribution in [0.1, 0.15) is 89.9 Å². The van der Waals surface area contributed by atoms with E-state index in [9.17, 15) is 19.2 Å². The van der Waals surface area contributed by atoms with E-state index >= 15 is 0 Å². The molecule has 0 spiro atoms. The maximum atomic E-state index is 12.9. The predicted molar refractivity (Wildman–Crippen MR) is 198 cm³/mol. The first-order chi connectivity index (χ1) is 25.4. The largest absolute Gasteiger partial charge is 0.354 e. The number of carbonyl (C=O) groups is 4. The minimum atomic E-state index is -0.702. The fourth-order valence-electron chi connectivity index (χ4n) is 6.30. The van der Waals surface area contributed by atoms with Gasteiger partial charge in [0.2, 0.25) is 17.7 Å². The van der Waals surface area contributed by atoms with Gasteiger partial charge in [-0.25, -0.2) is 4.98 Å². The molecule has 1 saturated carbocycles. The van der Waals surface area contributed by atoms with Crippen LogP contribution in [-0.2, 0) is 14.4 Å². The molecule has 268 valence electrons. The van der Waals surface area contributed by atoms with Crippen LogP contribution in [0, 0.1) is 17.8 Å². The quantitative estimate of drug-likeness (QED) is 0.0970. The number of nitrogens with two attached hydrogens (primary N) is 1. The van der Waals surface area contributed by atoms with Gasteiger partial charge in [-0.3, -0.25) is 19.2 Å². The Morgan fingerprint density at radius 3 is 2.19 bits per heavy atom. The Hall–Kier alpha value is -5.73. The summed E-state index contributed by atoms with van der Waals surface area (Å²) >= 11 is 0. The molecule has 2 unspecified atom stereocenters. The second-order valence-corrected chi connectivity index (χ2v) is 13.3. The number of aromatic nitrogens is 2. The van der Waals surface area contributed by atoms with Gasteiger partial charge in [0.1, 0.15) is 11.9 Å². The summed E-state index contributed by atoms with van der Waals surface area (Å²) in [5.74, 6) is 6.65. The van der Waals surface area contributed by atoms with E-state index in [1.54, 1.807) is 23.2 Å². The minimum Gasteiger partial charge on any atom is -0.354 e. The summed E-state index contributed by atoms with van der Waals surface area (Å²) in [6.07, 6.45) is 7.72. The topological polar surface area (TPSA) is 162 Å². The SMILES string of the molecule is NCC(=O)N1CCCC1c1ncc(-c2ccc(C#Cc3ccc(C(=O)NCCCCCNC(=O)C(NC(=O)C4CC4)c4ccccc4)cc3)cc2)[nH]1. The summed E-state index contributed by atoms with van der Waals surface area (Å²) in [7, 11) is 0. The summed E-state index contributed by atoms with van der Waals surface area (Å²) in [5, 5.41) is 8.82. The normalized spacial score (nSPS) is 15.6. The molecule has 2 heterocycles. The van der Waals surface area contributed by atoms with E-state index in [0.717, 1.165) is 78.7 Å². The van der Waals surface area contributed by atoms with Crippen molar-refractivity contribution in [2.24, 2.45) is 11.7 Å². The second kappa shape index (κ2) is 17.5. The monoisotopic (exact) mass is 699 g/mol. The number of H-pyrrole nitrogens is 1. The van der Waals surface area contributed by atoms with E-state index in [4.69, 9.17) is 5.73 Å². The second-order valence-electron chi connectivity index (χ2n) is 13.3. The zero-order chi connectivity index (χ0) is 36.3. The molecule has 11 nitrogen and oxygen atoms in total. The highest BCUT2D eigenvalue weighted by molar-refractivity contribution is 5.94. The van der Waals surface area contributed by atoms with Gasteiger partial charge in [-0.05, 0) is 92.5 Å². The zero-order valence-electron chi connectivity index (χ0n) is 29.2. The highest BCUT2D eigenvalue weighted by atomic mass is 16.2. The van der Waals surface area contributed by atoms with E-state index in [2.05, 4.69) is 37.8 Å². The third-order valence-electron chi connectivity index (χ3n) is 9.42. The maximum absolute atomic E-state index is 12.9. The van der Waals surface area contributed by atoms with E-state index in [-0.39, 0.29) is 42.1 Å². The Morgan fingerprint density at radius 2 is 1.52 bits per heavy atom. The van der Waals surface area contributed by atoms with Crippen LogP contribution in [0.4, 0.5) is 0 Å². The average molecular weight is 700 g/mol. The van der Waals surface area contributed by atoms with Gasteiger partial charge in [-0.15, -0.1) is 0 Å². The number of carbonyl (C=O) groups excluding carboxylic acids is 4. The molecule has 2 aliphatic rings. The number of benzene rings is 3. The smallest absolute Gasteiger partial charge is 0.251 e. The molecule has 1 aromatic heterocycles. The van der Waals surface area contributed by atoms with Gasteiger partial charge < -0.3 is 31.6 Å². The van der Waals surface area contributed by atoms with Crippen LogP contribution >= 0.6 is 0 Å². The van der Waals surface area contributed by atoms with Crippen molar-refractivity contribution in [3.05, 3.63) is 113 Å². The number of imidazole rings is 1. The Kier molecular flexibility index (Phi) is 12.1. The molecule has 0 bridgehead atoms. The summed E-state index contributed by atoms with van der Waals surface area (Å²) in [6, 6.07) is 23.6. The first kappa shape index (κ1) is 36.1. The van der Waals surface area contributed by atoms with Crippen molar-refractivity contribution in [3.8, 4) is 23.1 Å². The number of aromatic amines is 1. The molecule has 52 heavy (non-hydrogen) atoms. The van der Waals surface area contributed by atoms with Crippen molar-refractivity contribution in [1.29, 1.82) is 0 Å². The Labute approximate surface area is 304 Å². The molecule has 0 radical (unpaired) electrons. The third kappa shape index (κ3) is 9.53. The van der Waals surface area contributed by atoms with Crippen molar-refractivity contribution < 1.29 is 19.2 Å². The minimum absolute atomic E-state index is 0.000285. The molecule has 4 amide bonds. The first-order valence-corrected chi connectivity index (χ1v) is 18.1. The molecule has 2 atom stereocenters. The maximum Gasteiger partial charge on any atom is 0.251 e.